The van der Waals surface area contributed by atoms with E-state index < -0.39 is 0 Å². The maximum Gasteiger partial charge on any atom is -0.0192 e. The zero-order valence-electron chi connectivity index (χ0n) is 23.2. The minimum atomic E-state index is 0.461. The molecular weight excluding hydrogens is 396 g/mol. The quantitative estimate of drug-likeness (QED) is 0.318. The lowest BCUT2D eigenvalue weighted by Gasteiger charge is -2.57. The largest absolute Gasteiger partial charge is 0.0596 e. The number of rotatable bonds is 8. The van der Waals surface area contributed by atoms with E-state index in [2.05, 4.69) is 20.8 Å². The van der Waals surface area contributed by atoms with Crippen molar-refractivity contribution in [1.29, 1.82) is 0 Å². The highest BCUT2D eigenvalue weighted by Crippen LogP contribution is 2.61. The Labute approximate surface area is 208 Å². The second-order valence-electron chi connectivity index (χ2n) is 14.4. The standard InChI is InChI=1S/C33H60/c1-31(2,3)33(29-20-10-5-11-21-29,30-22-12-6-13-23-30)27-17-16-26-32(24-14-7-15-25-32)28-18-8-4-9-19-28/h28-30H,4-27H2,1-3H3. The summed E-state index contributed by atoms with van der Waals surface area (Å²) in [6.45, 7) is 7.96. The summed E-state index contributed by atoms with van der Waals surface area (Å²) in [4.78, 5) is 0. The lowest BCUT2D eigenvalue weighted by atomic mass is 9.47. The molecule has 0 saturated heterocycles. The van der Waals surface area contributed by atoms with Crippen molar-refractivity contribution in [1.82, 2.24) is 0 Å². The predicted molar refractivity (Wildman–Crippen MR) is 146 cm³/mol. The van der Waals surface area contributed by atoms with Gasteiger partial charge in [-0.1, -0.05) is 111 Å². The summed E-state index contributed by atoms with van der Waals surface area (Å²) in [7, 11) is 0. The Morgan fingerprint density at radius 2 is 1.00 bits per heavy atom. The Morgan fingerprint density at radius 1 is 0.545 bits per heavy atom. The van der Waals surface area contributed by atoms with Crippen molar-refractivity contribution < 1.29 is 0 Å². The second-order valence-corrected chi connectivity index (χ2v) is 14.4. The molecule has 33 heavy (non-hydrogen) atoms. The average Bonchev–Trinajstić information content (AvgIpc) is 2.86. The van der Waals surface area contributed by atoms with Crippen molar-refractivity contribution in [3.8, 4) is 0 Å². The molecule has 4 aliphatic rings. The van der Waals surface area contributed by atoms with Gasteiger partial charge in [0.2, 0.25) is 0 Å². The van der Waals surface area contributed by atoms with Crippen molar-refractivity contribution in [3.05, 3.63) is 0 Å². The minimum absolute atomic E-state index is 0.461. The van der Waals surface area contributed by atoms with Crippen LogP contribution in [-0.4, -0.2) is 0 Å². The molecule has 0 spiro atoms. The molecule has 0 bridgehead atoms. The molecule has 192 valence electrons. The predicted octanol–water partition coefficient (Wildman–Crippen LogP) is 11.3. The van der Waals surface area contributed by atoms with Crippen molar-refractivity contribution in [3.63, 3.8) is 0 Å². The molecule has 0 aromatic rings. The smallest absolute Gasteiger partial charge is 0.0192 e. The molecular formula is C33H60. The van der Waals surface area contributed by atoms with E-state index in [1.807, 2.05) is 0 Å². The Morgan fingerprint density at radius 3 is 1.48 bits per heavy atom. The van der Waals surface area contributed by atoms with Crippen molar-refractivity contribution in [2.24, 2.45) is 34.0 Å². The fourth-order valence-electron chi connectivity index (χ4n) is 10.3. The van der Waals surface area contributed by atoms with Gasteiger partial charge in [-0.25, -0.2) is 0 Å². The summed E-state index contributed by atoms with van der Waals surface area (Å²) in [6, 6.07) is 0. The normalized spacial score (nSPS) is 27.0. The Kier molecular flexibility index (Phi) is 9.34. The summed E-state index contributed by atoms with van der Waals surface area (Å²) in [5.74, 6) is 3.10. The summed E-state index contributed by atoms with van der Waals surface area (Å²) < 4.78 is 0. The summed E-state index contributed by atoms with van der Waals surface area (Å²) in [5, 5.41) is 0. The zero-order chi connectivity index (χ0) is 23.2. The zero-order valence-corrected chi connectivity index (χ0v) is 23.2. The van der Waals surface area contributed by atoms with Crippen LogP contribution in [0.2, 0.25) is 0 Å². The van der Waals surface area contributed by atoms with Gasteiger partial charge in [-0.15, -0.1) is 0 Å². The maximum atomic E-state index is 2.65. The molecule has 0 heteroatoms. The van der Waals surface area contributed by atoms with E-state index in [9.17, 15) is 0 Å². The third-order valence-electron chi connectivity index (χ3n) is 11.9. The van der Waals surface area contributed by atoms with Gasteiger partial charge >= 0.3 is 0 Å². The van der Waals surface area contributed by atoms with Crippen LogP contribution >= 0.6 is 0 Å². The molecule has 4 fully saturated rings. The number of hydrogen-bond acceptors (Lipinski definition) is 0. The van der Waals surface area contributed by atoms with Crippen LogP contribution in [0.1, 0.15) is 175 Å². The molecule has 0 aliphatic heterocycles. The highest BCUT2D eigenvalue weighted by atomic mass is 14.6. The molecule has 0 radical (unpaired) electrons. The highest BCUT2D eigenvalue weighted by Gasteiger charge is 2.52. The molecule has 0 nitrogen and oxygen atoms in total. The lowest BCUT2D eigenvalue weighted by molar-refractivity contribution is -0.0821. The lowest BCUT2D eigenvalue weighted by Crippen LogP contribution is -2.49. The molecule has 0 atom stereocenters. The van der Waals surface area contributed by atoms with Gasteiger partial charge in [-0.2, -0.15) is 0 Å². The van der Waals surface area contributed by atoms with Crippen LogP contribution in [0.4, 0.5) is 0 Å². The van der Waals surface area contributed by atoms with Gasteiger partial charge in [-0.3, -0.25) is 0 Å². The molecule has 4 aliphatic carbocycles. The molecule has 0 heterocycles. The van der Waals surface area contributed by atoms with Crippen molar-refractivity contribution in [2.75, 3.05) is 0 Å². The molecule has 4 rings (SSSR count). The van der Waals surface area contributed by atoms with Gasteiger partial charge in [0.05, 0.1) is 0 Å². The first kappa shape index (κ1) is 26.1. The monoisotopic (exact) mass is 456 g/mol. The van der Waals surface area contributed by atoms with Crippen LogP contribution < -0.4 is 0 Å². The van der Waals surface area contributed by atoms with Gasteiger partial charge in [0.15, 0.2) is 0 Å². The third-order valence-corrected chi connectivity index (χ3v) is 11.9. The topological polar surface area (TPSA) is 0 Å². The van der Waals surface area contributed by atoms with E-state index in [1.165, 1.54) is 89.9 Å². The van der Waals surface area contributed by atoms with Crippen LogP contribution in [0.15, 0.2) is 0 Å². The number of hydrogen-bond donors (Lipinski definition) is 0. The van der Waals surface area contributed by atoms with E-state index in [0.717, 1.165) is 23.2 Å². The Hall–Kier alpha value is 0. The SMILES string of the molecule is CC(C)(C)C(CCCCC1(C2CCCCC2)CCCCC1)(C1CCCCC1)C1CCCCC1. The Bertz CT molecular complexity index is 523. The Balaban J connectivity index is 1.46. The second kappa shape index (κ2) is 11.8. The van der Waals surface area contributed by atoms with Gasteiger partial charge in [0, 0.05) is 0 Å². The van der Waals surface area contributed by atoms with E-state index in [1.54, 1.807) is 64.2 Å². The maximum absolute atomic E-state index is 2.65. The van der Waals surface area contributed by atoms with Crippen LogP contribution in [-0.2, 0) is 0 Å². The van der Waals surface area contributed by atoms with Crippen molar-refractivity contribution >= 4 is 0 Å². The first-order valence-corrected chi connectivity index (χ1v) is 16.0. The van der Waals surface area contributed by atoms with Crippen LogP contribution in [0.3, 0.4) is 0 Å². The molecule has 0 aromatic carbocycles. The highest BCUT2D eigenvalue weighted by molar-refractivity contribution is 5.01. The molecule has 0 amide bonds. The van der Waals surface area contributed by atoms with E-state index in [0.29, 0.717) is 10.8 Å². The molecule has 0 unspecified atom stereocenters. The average molecular weight is 457 g/mol. The van der Waals surface area contributed by atoms with Crippen LogP contribution in [0, 0.1) is 34.0 Å². The van der Waals surface area contributed by atoms with Gasteiger partial charge in [0.1, 0.15) is 0 Å². The van der Waals surface area contributed by atoms with Gasteiger partial charge < -0.3 is 0 Å². The summed E-state index contributed by atoms with van der Waals surface area (Å²) in [6.07, 6.45) is 36.9. The summed E-state index contributed by atoms with van der Waals surface area (Å²) >= 11 is 0. The van der Waals surface area contributed by atoms with E-state index in [4.69, 9.17) is 0 Å². The number of unbranched alkanes of at least 4 members (excludes halogenated alkanes) is 1. The van der Waals surface area contributed by atoms with Crippen LogP contribution in [0.25, 0.3) is 0 Å². The first-order chi connectivity index (χ1) is 16.0. The van der Waals surface area contributed by atoms with Crippen LogP contribution in [0.5, 0.6) is 0 Å². The summed E-state index contributed by atoms with van der Waals surface area (Å²) in [5.41, 5.74) is 1.82. The molecule has 4 saturated carbocycles. The minimum Gasteiger partial charge on any atom is -0.0596 e. The first-order valence-electron chi connectivity index (χ1n) is 16.0. The van der Waals surface area contributed by atoms with Gasteiger partial charge in [0.25, 0.3) is 0 Å². The fraction of sp³-hybridized carbons (Fsp3) is 1.00. The van der Waals surface area contributed by atoms with E-state index >= 15 is 0 Å². The van der Waals surface area contributed by atoms with Crippen molar-refractivity contribution in [2.45, 2.75) is 175 Å². The fourth-order valence-corrected chi connectivity index (χ4v) is 10.3. The third kappa shape index (κ3) is 5.88. The van der Waals surface area contributed by atoms with E-state index in [-0.39, 0.29) is 0 Å². The molecule has 0 N–H and O–H groups in total. The molecule has 0 aromatic heterocycles. The van der Waals surface area contributed by atoms with Gasteiger partial charge in [-0.05, 0) is 98.2 Å².